The van der Waals surface area contributed by atoms with Gasteiger partial charge in [0.25, 0.3) is 5.92 Å². The maximum absolute atomic E-state index is 12.8. The van der Waals surface area contributed by atoms with E-state index in [-0.39, 0.29) is 17.3 Å². The predicted molar refractivity (Wildman–Crippen MR) is 70.6 cm³/mol. The van der Waals surface area contributed by atoms with Crippen molar-refractivity contribution in [3.63, 3.8) is 0 Å². The number of hydrogen-bond acceptors (Lipinski definition) is 3. The molecule has 0 saturated heterocycles. The molecule has 4 nitrogen and oxygen atoms in total. The fraction of sp³-hybridized carbons (Fsp3) is 0.333. The molecule has 1 aromatic rings. The molecule has 0 amide bonds. The summed E-state index contributed by atoms with van der Waals surface area (Å²) >= 11 is 3.14. The molecule has 0 atom stereocenters. The molecule has 9 heteroatoms. The summed E-state index contributed by atoms with van der Waals surface area (Å²) in [6, 6.07) is 5.64. The minimum Gasteiger partial charge on any atom is -0.325 e. The minimum absolute atomic E-state index is 0. The molecular formula is C9H12BrClF2N2O2S. The van der Waals surface area contributed by atoms with Crippen molar-refractivity contribution in [1.29, 1.82) is 0 Å². The minimum atomic E-state index is -3.93. The van der Waals surface area contributed by atoms with E-state index in [1.807, 2.05) is 4.72 Å². The van der Waals surface area contributed by atoms with E-state index in [0.29, 0.717) is 4.47 Å². The fourth-order valence-corrected chi connectivity index (χ4v) is 2.30. The third-order valence-corrected chi connectivity index (χ3v) is 3.89. The van der Waals surface area contributed by atoms with Gasteiger partial charge in [0.05, 0.1) is 18.0 Å². The molecule has 0 aliphatic rings. The van der Waals surface area contributed by atoms with E-state index in [1.54, 1.807) is 0 Å². The van der Waals surface area contributed by atoms with Crippen LogP contribution in [0.4, 0.5) is 8.78 Å². The Morgan fingerprint density at radius 3 is 2.22 bits per heavy atom. The average Bonchev–Trinajstić information content (AvgIpc) is 2.27. The zero-order chi connectivity index (χ0) is 13.1. The Bertz CT molecular complexity index is 482. The highest BCUT2D eigenvalue weighted by molar-refractivity contribution is 9.10. The van der Waals surface area contributed by atoms with Crippen molar-refractivity contribution in [2.24, 2.45) is 5.73 Å². The van der Waals surface area contributed by atoms with Crippen molar-refractivity contribution in [1.82, 2.24) is 4.72 Å². The average molecular weight is 366 g/mol. The van der Waals surface area contributed by atoms with Gasteiger partial charge in [0.1, 0.15) is 0 Å². The van der Waals surface area contributed by atoms with Crippen molar-refractivity contribution in [2.45, 2.75) is 10.8 Å². The Kier molecular flexibility index (Phi) is 6.66. The van der Waals surface area contributed by atoms with E-state index in [4.69, 9.17) is 5.73 Å². The lowest BCUT2D eigenvalue weighted by molar-refractivity contribution is 0.0170. The van der Waals surface area contributed by atoms with Crippen LogP contribution in [-0.4, -0.2) is 27.4 Å². The van der Waals surface area contributed by atoms with Crippen molar-refractivity contribution >= 4 is 38.4 Å². The van der Waals surface area contributed by atoms with Gasteiger partial charge in [-0.1, -0.05) is 15.9 Å². The zero-order valence-electron chi connectivity index (χ0n) is 9.07. The highest BCUT2D eigenvalue weighted by Gasteiger charge is 2.29. The molecule has 0 unspecified atom stereocenters. The standard InChI is InChI=1S/C9H11BrF2N2O2S.ClH/c10-7-1-3-8(4-2-7)17(15,16)14-6-9(11,12)5-13;/h1-4,14H,5-6,13H2;1H. The molecule has 104 valence electrons. The molecular weight excluding hydrogens is 354 g/mol. The second kappa shape index (κ2) is 6.76. The maximum Gasteiger partial charge on any atom is 0.273 e. The summed E-state index contributed by atoms with van der Waals surface area (Å²) < 4.78 is 51.3. The molecule has 0 saturated carbocycles. The van der Waals surface area contributed by atoms with Crippen molar-refractivity contribution < 1.29 is 17.2 Å². The summed E-state index contributed by atoms with van der Waals surface area (Å²) in [5.74, 6) is -3.25. The summed E-state index contributed by atoms with van der Waals surface area (Å²) in [7, 11) is -3.93. The summed E-state index contributed by atoms with van der Waals surface area (Å²) in [5.41, 5.74) is 4.80. The van der Waals surface area contributed by atoms with E-state index in [2.05, 4.69) is 15.9 Å². The molecule has 3 N–H and O–H groups in total. The van der Waals surface area contributed by atoms with Crippen LogP contribution in [0.1, 0.15) is 0 Å². The lowest BCUT2D eigenvalue weighted by atomic mass is 10.3. The third kappa shape index (κ3) is 5.15. The second-order valence-corrected chi connectivity index (χ2v) is 6.02. The lowest BCUT2D eigenvalue weighted by Gasteiger charge is -2.14. The van der Waals surface area contributed by atoms with Crippen molar-refractivity contribution in [3.05, 3.63) is 28.7 Å². The van der Waals surface area contributed by atoms with Gasteiger partial charge in [-0.05, 0) is 24.3 Å². The summed E-state index contributed by atoms with van der Waals surface area (Å²) in [6.07, 6.45) is 0. The van der Waals surface area contributed by atoms with Crippen LogP contribution in [0, 0.1) is 0 Å². The number of sulfonamides is 1. The summed E-state index contributed by atoms with van der Waals surface area (Å²) in [4.78, 5) is -0.0754. The van der Waals surface area contributed by atoms with Gasteiger partial charge in [-0.3, -0.25) is 0 Å². The largest absolute Gasteiger partial charge is 0.325 e. The molecule has 0 heterocycles. The van der Waals surface area contributed by atoms with Crippen LogP contribution in [-0.2, 0) is 10.0 Å². The van der Waals surface area contributed by atoms with Crippen LogP contribution < -0.4 is 10.5 Å². The normalized spacial score (nSPS) is 12.0. The zero-order valence-corrected chi connectivity index (χ0v) is 12.3. The Labute approximate surface area is 119 Å². The second-order valence-electron chi connectivity index (χ2n) is 3.34. The molecule has 0 radical (unpaired) electrons. The fourth-order valence-electron chi connectivity index (χ4n) is 0.970. The third-order valence-electron chi connectivity index (χ3n) is 1.94. The maximum atomic E-state index is 12.8. The van der Waals surface area contributed by atoms with E-state index >= 15 is 0 Å². The Hall–Kier alpha value is -0.280. The van der Waals surface area contributed by atoms with E-state index < -0.39 is 29.0 Å². The van der Waals surface area contributed by atoms with E-state index in [9.17, 15) is 17.2 Å². The first-order valence-electron chi connectivity index (χ1n) is 4.60. The first-order chi connectivity index (χ1) is 7.77. The Balaban J connectivity index is 0.00000289. The van der Waals surface area contributed by atoms with Crippen LogP contribution in [0.2, 0.25) is 0 Å². The summed E-state index contributed by atoms with van der Waals surface area (Å²) in [5, 5.41) is 0. The van der Waals surface area contributed by atoms with Crippen LogP contribution in [0.3, 0.4) is 0 Å². The molecule has 0 aliphatic carbocycles. The molecule has 18 heavy (non-hydrogen) atoms. The monoisotopic (exact) mass is 364 g/mol. The van der Waals surface area contributed by atoms with Crippen LogP contribution in [0.15, 0.2) is 33.6 Å². The SMILES string of the molecule is Cl.NCC(F)(F)CNS(=O)(=O)c1ccc(Br)cc1. The molecule has 0 bridgehead atoms. The van der Waals surface area contributed by atoms with Gasteiger partial charge >= 0.3 is 0 Å². The Morgan fingerprint density at radius 2 is 1.78 bits per heavy atom. The highest BCUT2D eigenvalue weighted by atomic mass is 79.9. The Morgan fingerprint density at radius 1 is 1.28 bits per heavy atom. The van der Waals surface area contributed by atoms with Gasteiger partial charge in [-0.15, -0.1) is 12.4 Å². The van der Waals surface area contributed by atoms with Gasteiger partial charge in [-0.2, -0.15) is 0 Å². The first kappa shape index (κ1) is 17.7. The highest BCUT2D eigenvalue weighted by Crippen LogP contribution is 2.16. The molecule has 0 aromatic heterocycles. The molecule has 0 fully saturated rings. The smallest absolute Gasteiger partial charge is 0.273 e. The molecule has 1 rings (SSSR count). The van der Waals surface area contributed by atoms with Crippen molar-refractivity contribution in [3.8, 4) is 0 Å². The predicted octanol–water partition coefficient (Wildman–Crippen LogP) is 1.74. The first-order valence-corrected chi connectivity index (χ1v) is 6.87. The topological polar surface area (TPSA) is 72.2 Å². The van der Waals surface area contributed by atoms with Gasteiger partial charge < -0.3 is 5.73 Å². The van der Waals surface area contributed by atoms with Gasteiger partial charge in [0.15, 0.2) is 0 Å². The number of nitrogens with two attached hydrogens (primary N) is 1. The number of halogens is 4. The number of nitrogens with one attached hydrogen (secondary N) is 1. The van der Waals surface area contributed by atoms with Gasteiger partial charge in [0.2, 0.25) is 10.0 Å². The summed E-state index contributed by atoms with van der Waals surface area (Å²) in [6.45, 7) is -1.92. The lowest BCUT2D eigenvalue weighted by Crippen LogP contribution is -2.41. The van der Waals surface area contributed by atoms with Crippen LogP contribution >= 0.6 is 28.3 Å². The molecule has 0 aliphatic heterocycles. The number of alkyl halides is 2. The van der Waals surface area contributed by atoms with E-state index in [0.717, 1.165) is 0 Å². The van der Waals surface area contributed by atoms with Crippen LogP contribution in [0.5, 0.6) is 0 Å². The number of benzene rings is 1. The number of hydrogen-bond donors (Lipinski definition) is 2. The molecule has 1 aromatic carbocycles. The quantitative estimate of drug-likeness (QED) is 0.835. The van der Waals surface area contributed by atoms with E-state index in [1.165, 1.54) is 24.3 Å². The number of rotatable bonds is 5. The van der Waals surface area contributed by atoms with Crippen LogP contribution in [0.25, 0.3) is 0 Å². The van der Waals surface area contributed by atoms with Gasteiger partial charge in [0, 0.05) is 4.47 Å². The van der Waals surface area contributed by atoms with Gasteiger partial charge in [-0.25, -0.2) is 21.9 Å². The van der Waals surface area contributed by atoms with Crippen molar-refractivity contribution in [2.75, 3.05) is 13.1 Å². The molecule has 0 spiro atoms.